The van der Waals surface area contributed by atoms with Crippen LogP contribution in [0, 0.1) is 5.92 Å². The second kappa shape index (κ2) is 8.59. The maximum Gasteiger partial charge on any atom is 0.411 e. The minimum Gasteiger partial charge on any atom is -0.496 e. The Hall–Kier alpha value is -2.91. The van der Waals surface area contributed by atoms with Crippen molar-refractivity contribution in [2.75, 3.05) is 39.4 Å². The summed E-state index contributed by atoms with van der Waals surface area (Å²) in [6.07, 6.45) is 3.89. The highest BCUT2D eigenvalue weighted by Gasteiger charge is 2.52. The van der Waals surface area contributed by atoms with Gasteiger partial charge in [-0.2, -0.15) is 0 Å². The van der Waals surface area contributed by atoms with Crippen molar-refractivity contribution in [3.05, 3.63) is 46.0 Å². The first-order valence-corrected chi connectivity index (χ1v) is 12.7. The molecule has 2 saturated heterocycles. The number of ketones is 2. The number of hydrogen-bond donors (Lipinski definition) is 1. The van der Waals surface area contributed by atoms with Crippen LogP contribution < -0.4 is 0 Å². The topological polar surface area (TPSA) is 106 Å². The van der Waals surface area contributed by atoms with Crippen LogP contribution >= 0.6 is 0 Å². The Morgan fingerprint density at radius 3 is 2.25 bits per heavy atom. The van der Waals surface area contributed by atoms with Crippen LogP contribution in [0.15, 0.2) is 46.0 Å². The molecule has 0 saturated carbocycles. The summed E-state index contributed by atoms with van der Waals surface area (Å²) in [4.78, 5) is 42.4. The summed E-state index contributed by atoms with van der Waals surface area (Å²) in [6.45, 7) is 6.78. The number of fused-ring (bicyclic) bond motifs is 2. The number of aliphatic hydroxyl groups is 1. The number of likely N-dealkylation sites (tertiary alicyclic amines) is 1. The van der Waals surface area contributed by atoms with Gasteiger partial charge in [0.15, 0.2) is 5.78 Å². The Balaban J connectivity index is 1.10. The van der Waals surface area contributed by atoms with E-state index in [-0.39, 0.29) is 18.0 Å². The Kier molecular flexibility index (Phi) is 5.60. The van der Waals surface area contributed by atoms with Gasteiger partial charge in [-0.25, -0.2) is 4.79 Å². The second-order valence-corrected chi connectivity index (χ2v) is 10.9. The number of hydrogen-bond acceptors (Lipinski definition) is 8. The molecule has 1 amide bonds. The molecule has 9 nitrogen and oxygen atoms in total. The molecule has 0 aromatic heterocycles. The molecule has 192 valence electrons. The van der Waals surface area contributed by atoms with E-state index in [1.807, 2.05) is 13.8 Å². The summed E-state index contributed by atoms with van der Waals surface area (Å²) < 4.78 is 16.7. The van der Waals surface area contributed by atoms with Crippen LogP contribution in [0.5, 0.6) is 0 Å². The van der Waals surface area contributed by atoms with Crippen molar-refractivity contribution in [1.29, 1.82) is 0 Å². The normalized spacial score (nSPS) is 30.6. The van der Waals surface area contributed by atoms with E-state index in [0.29, 0.717) is 58.7 Å². The van der Waals surface area contributed by atoms with Crippen LogP contribution in [0.3, 0.4) is 0 Å². The number of piperidine rings is 1. The minimum absolute atomic E-state index is 0.00476. The standard InChI is InChI=1S/C27H32N2O7/c1-15-19-12-34-10-17(19)7-21(30)24(15)23(32)9-28-5-3-27(4-6-28)14-29(26(33)36-27)25-16(2)20-13-35-11-18(20)8-22(25)31/h10-11,23-25,32H,3-9,12-14H2,1-2H3/t23-,24?,25?/m0/s1. The van der Waals surface area contributed by atoms with Gasteiger partial charge in [0, 0.05) is 56.5 Å². The van der Waals surface area contributed by atoms with Gasteiger partial charge in [-0.15, -0.1) is 0 Å². The minimum atomic E-state index is -0.797. The fourth-order valence-electron chi connectivity index (χ4n) is 6.76. The Morgan fingerprint density at radius 1 is 0.972 bits per heavy atom. The molecule has 1 spiro atoms. The van der Waals surface area contributed by atoms with Gasteiger partial charge >= 0.3 is 6.09 Å². The lowest BCUT2D eigenvalue weighted by atomic mass is 9.77. The highest BCUT2D eigenvalue weighted by molar-refractivity contribution is 5.95. The van der Waals surface area contributed by atoms with Gasteiger partial charge in [0.2, 0.25) is 0 Å². The number of aliphatic hydroxyl groups excluding tert-OH is 1. The summed E-state index contributed by atoms with van der Waals surface area (Å²) in [5.74, 6) is -0.488. The lowest BCUT2D eigenvalue weighted by Gasteiger charge is -2.39. The molecule has 6 aliphatic rings. The number of carbonyl (C=O) groups is 3. The molecule has 2 aliphatic carbocycles. The highest BCUT2D eigenvalue weighted by atomic mass is 16.6. The van der Waals surface area contributed by atoms with E-state index in [2.05, 4.69) is 4.90 Å². The highest BCUT2D eigenvalue weighted by Crippen LogP contribution is 2.40. The predicted octanol–water partition coefficient (Wildman–Crippen LogP) is 2.03. The average molecular weight is 497 g/mol. The van der Waals surface area contributed by atoms with Gasteiger partial charge < -0.3 is 24.2 Å². The summed E-state index contributed by atoms with van der Waals surface area (Å²) in [7, 11) is 0. The first kappa shape index (κ1) is 23.5. The summed E-state index contributed by atoms with van der Waals surface area (Å²) >= 11 is 0. The van der Waals surface area contributed by atoms with Gasteiger partial charge in [0.05, 0.1) is 31.1 Å². The lowest BCUT2D eigenvalue weighted by molar-refractivity contribution is -0.125. The van der Waals surface area contributed by atoms with E-state index in [0.717, 1.165) is 33.4 Å². The Labute approximate surface area is 210 Å². The third kappa shape index (κ3) is 3.71. The van der Waals surface area contributed by atoms with Gasteiger partial charge in [0.25, 0.3) is 0 Å². The maximum atomic E-state index is 12.9. The van der Waals surface area contributed by atoms with E-state index in [1.54, 1.807) is 17.4 Å². The van der Waals surface area contributed by atoms with Crippen molar-refractivity contribution in [2.45, 2.75) is 57.3 Å². The van der Waals surface area contributed by atoms with Gasteiger partial charge in [0.1, 0.15) is 30.6 Å². The van der Waals surface area contributed by atoms with Crippen molar-refractivity contribution < 1.29 is 33.7 Å². The van der Waals surface area contributed by atoms with E-state index < -0.39 is 29.8 Å². The fraction of sp³-hybridized carbons (Fsp3) is 0.593. The number of nitrogens with zero attached hydrogens (tertiary/aromatic N) is 2. The molecule has 1 N–H and O–H groups in total. The molecule has 9 heteroatoms. The molecule has 0 aromatic rings. The number of amides is 1. The number of β-amino-alcohol motifs (C(OH)–C–C–N with tert-alkyl or cyclic N) is 1. The molecule has 3 atom stereocenters. The molecule has 36 heavy (non-hydrogen) atoms. The molecule has 2 fully saturated rings. The van der Waals surface area contributed by atoms with Crippen LogP contribution in [-0.4, -0.2) is 89.7 Å². The fourth-order valence-corrected chi connectivity index (χ4v) is 6.76. The Morgan fingerprint density at radius 2 is 1.58 bits per heavy atom. The average Bonchev–Trinajstić information content (AvgIpc) is 3.55. The van der Waals surface area contributed by atoms with Crippen LogP contribution in [0.4, 0.5) is 4.79 Å². The molecular weight excluding hydrogens is 464 g/mol. The molecule has 4 aliphatic heterocycles. The van der Waals surface area contributed by atoms with E-state index in [4.69, 9.17) is 14.2 Å². The van der Waals surface area contributed by atoms with Crippen molar-refractivity contribution >= 4 is 17.7 Å². The van der Waals surface area contributed by atoms with Crippen molar-refractivity contribution in [1.82, 2.24) is 9.80 Å². The molecule has 2 unspecified atom stereocenters. The SMILES string of the molecule is CC1=C2COC=C2CC(=O)C1[C@@H](O)CN1CCC2(CC1)CN(C1C(=O)CC3=COCC3=C1C)C(=O)O2. The van der Waals surface area contributed by atoms with Crippen LogP contribution in [0.2, 0.25) is 0 Å². The third-order valence-corrected chi connectivity index (χ3v) is 8.80. The maximum absolute atomic E-state index is 12.9. The van der Waals surface area contributed by atoms with Gasteiger partial charge in [-0.1, -0.05) is 5.57 Å². The number of ether oxygens (including phenoxy) is 3. The predicted molar refractivity (Wildman–Crippen MR) is 128 cm³/mol. The summed E-state index contributed by atoms with van der Waals surface area (Å²) in [5.41, 5.74) is 5.06. The zero-order chi connectivity index (χ0) is 25.2. The van der Waals surface area contributed by atoms with Crippen molar-refractivity contribution in [3.63, 3.8) is 0 Å². The van der Waals surface area contributed by atoms with Gasteiger partial charge in [-0.3, -0.25) is 14.5 Å². The molecule has 4 heterocycles. The van der Waals surface area contributed by atoms with Crippen LogP contribution in [0.25, 0.3) is 0 Å². The summed E-state index contributed by atoms with van der Waals surface area (Å²) in [5, 5.41) is 11.0. The van der Waals surface area contributed by atoms with E-state index >= 15 is 0 Å². The molecule has 0 aromatic carbocycles. The third-order valence-electron chi connectivity index (χ3n) is 8.80. The molecule has 6 rings (SSSR count). The number of Topliss-reactive ketones (excluding diaryl/α,β-unsaturated/α-hetero) is 2. The monoisotopic (exact) mass is 496 g/mol. The smallest absolute Gasteiger partial charge is 0.411 e. The zero-order valence-corrected chi connectivity index (χ0v) is 20.7. The molecular formula is C27H32N2O7. The van der Waals surface area contributed by atoms with Crippen LogP contribution in [0.1, 0.15) is 39.5 Å². The van der Waals surface area contributed by atoms with Gasteiger partial charge in [-0.05, 0) is 30.6 Å². The largest absolute Gasteiger partial charge is 0.496 e. The number of rotatable bonds is 4. The zero-order valence-electron chi connectivity index (χ0n) is 20.7. The van der Waals surface area contributed by atoms with E-state index in [9.17, 15) is 19.5 Å². The van der Waals surface area contributed by atoms with Crippen molar-refractivity contribution in [2.24, 2.45) is 5.92 Å². The second-order valence-electron chi connectivity index (χ2n) is 10.9. The Bertz CT molecular complexity index is 1150. The summed E-state index contributed by atoms with van der Waals surface area (Å²) in [6, 6.07) is -0.600. The van der Waals surface area contributed by atoms with Crippen LogP contribution in [-0.2, 0) is 23.8 Å². The first-order valence-electron chi connectivity index (χ1n) is 12.7. The lowest BCUT2D eigenvalue weighted by Crippen LogP contribution is -2.51. The van der Waals surface area contributed by atoms with E-state index in [1.165, 1.54) is 0 Å². The molecule has 0 bridgehead atoms. The number of carbonyl (C=O) groups excluding carboxylic acids is 3. The van der Waals surface area contributed by atoms with Crippen molar-refractivity contribution in [3.8, 4) is 0 Å². The first-order chi connectivity index (χ1) is 17.3. The molecule has 0 radical (unpaired) electrons. The quantitative estimate of drug-likeness (QED) is 0.630.